The van der Waals surface area contributed by atoms with Gasteiger partial charge in [0.25, 0.3) is 5.91 Å². The summed E-state index contributed by atoms with van der Waals surface area (Å²) in [5, 5.41) is 11.3. The number of amides is 5. The summed E-state index contributed by atoms with van der Waals surface area (Å²) in [5.41, 5.74) is -1.18. The molecule has 3 aliphatic carbocycles. The highest BCUT2D eigenvalue weighted by atomic mass is 32.2. The SMILES string of the molecule is C#CCCC(NC(=O)[C@@H]1C2[C@H](CN1C(=O)[C@@H](NC(=O)NC1(CS(=O)(=O)C(C)(C)C)CCCCC1)C1CCCCC1)C2(C)C)C(=O)C(=O)NCC=C. The lowest BCUT2D eigenvalue weighted by atomic mass is 9.82. The van der Waals surface area contributed by atoms with Gasteiger partial charge in [0.2, 0.25) is 17.6 Å². The van der Waals surface area contributed by atoms with Crippen LogP contribution < -0.4 is 21.3 Å². The summed E-state index contributed by atoms with van der Waals surface area (Å²) in [6.45, 7) is 13.0. The molecule has 51 heavy (non-hydrogen) atoms. The monoisotopic (exact) mass is 729 g/mol. The van der Waals surface area contributed by atoms with Crippen LogP contribution in [0.5, 0.6) is 0 Å². The molecule has 5 amide bonds. The third-order valence-corrected chi connectivity index (χ3v) is 14.7. The Bertz CT molecular complexity index is 1500. The van der Waals surface area contributed by atoms with E-state index in [2.05, 4.69) is 33.8 Å². The van der Waals surface area contributed by atoms with Gasteiger partial charge in [-0.2, -0.15) is 0 Å². The van der Waals surface area contributed by atoms with Gasteiger partial charge >= 0.3 is 6.03 Å². The zero-order valence-corrected chi connectivity index (χ0v) is 32.0. The Kier molecular flexibility index (Phi) is 12.7. The fraction of sp³-hybridized carbons (Fsp3) is 0.763. The lowest BCUT2D eigenvalue weighted by molar-refractivity contribution is -0.144. The lowest BCUT2D eigenvalue weighted by Crippen LogP contribution is -2.63. The quantitative estimate of drug-likeness (QED) is 0.121. The molecule has 0 radical (unpaired) electrons. The molecule has 1 aliphatic heterocycles. The zero-order chi connectivity index (χ0) is 37.8. The van der Waals surface area contributed by atoms with Crippen LogP contribution in [0.25, 0.3) is 0 Å². The summed E-state index contributed by atoms with van der Waals surface area (Å²) in [6, 6.07) is -3.59. The van der Waals surface area contributed by atoms with Crippen molar-refractivity contribution in [1.29, 1.82) is 0 Å². The average Bonchev–Trinajstić information content (AvgIpc) is 3.38. The van der Waals surface area contributed by atoms with Crippen LogP contribution in [-0.2, 0) is 29.0 Å². The van der Waals surface area contributed by atoms with Crippen molar-refractivity contribution in [2.45, 2.75) is 140 Å². The molecule has 4 aliphatic rings. The van der Waals surface area contributed by atoms with Crippen LogP contribution >= 0.6 is 0 Å². The number of hydrogen-bond acceptors (Lipinski definition) is 7. The van der Waals surface area contributed by atoms with Crippen LogP contribution in [0.2, 0.25) is 0 Å². The molecule has 12 nitrogen and oxygen atoms in total. The van der Waals surface area contributed by atoms with Crippen molar-refractivity contribution in [3.05, 3.63) is 12.7 Å². The number of nitrogens with one attached hydrogen (secondary N) is 4. The van der Waals surface area contributed by atoms with Crippen molar-refractivity contribution < 1.29 is 32.4 Å². The molecule has 0 spiro atoms. The number of carbonyl (C=O) groups is 5. The Hall–Kier alpha value is -3.40. The Morgan fingerprint density at radius 2 is 1.63 bits per heavy atom. The highest BCUT2D eigenvalue weighted by Crippen LogP contribution is 2.65. The Balaban J connectivity index is 1.59. The van der Waals surface area contributed by atoms with Crippen molar-refractivity contribution in [3.8, 4) is 12.3 Å². The van der Waals surface area contributed by atoms with Crippen molar-refractivity contribution in [2.24, 2.45) is 23.2 Å². The summed E-state index contributed by atoms with van der Waals surface area (Å²) < 4.78 is 25.8. The molecule has 0 bridgehead atoms. The zero-order valence-electron chi connectivity index (χ0n) is 31.1. The highest BCUT2D eigenvalue weighted by Gasteiger charge is 2.69. The second kappa shape index (κ2) is 16.1. The van der Waals surface area contributed by atoms with E-state index in [-0.39, 0.29) is 54.2 Å². The van der Waals surface area contributed by atoms with Crippen LogP contribution in [-0.4, -0.2) is 90.1 Å². The maximum atomic E-state index is 14.7. The first-order valence-corrected chi connectivity index (χ1v) is 20.3. The number of ketones is 1. The van der Waals surface area contributed by atoms with E-state index < -0.39 is 61.9 Å². The van der Waals surface area contributed by atoms with E-state index in [0.717, 1.165) is 51.4 Å². The topological polar surface area (TPSA) is 171 Å². The lowest BCUT2D eigenvalue weighted by Gasteiger charge is -2.41. The van der Waals surface area contributed by atoms with Crippen molar-refractivity contribution >= 4 is 39.4 Å². The summed E-state index contributed by atoms with van der Waals surface area (Å²) in [4.78, 5) is 69.9. The smallest absolute Gasteiger partial charge is 0.315 e. The van der Waals surface area contributed by atoms with E-state index in [9.17, 15) is 32.4 Å². The van der Waals surface area contributed by atoms with Crippen LogP contribution in [0.4, 0.5) is 4.79 Å². The Morgan fingerprint density at radius 3 is 2.22 bits per heavy atom. The molecule has 2 unspecified atom stereocenters. The number of urea groups is 1. The van der Waals surface area contributed by atoms with E-state index in [1.165, 1.54) is 6.08 Å². The first kappa shape index (κ1) is 40.4. The van der Waals surface area contributed by atoms with Crippen LogP contribution in [0.15, 0.2) is 12.7 Å². The third-order valence-electron chi connectivity index (χ3n) is 11.9. The third kappa shape index (κ3) is 9.16. The largest absolute Gasteiger partial charge is 0.346 e. The predicted octanol–water partition coefficient (Wildman–Crippen LogP) is 3.40. The summed E-state index contributed by atoms with van der Waals surface area (Å²) in [7, 11) is -3.57. The number of terminal acetylenes is 1. The summed E-state index contributed by atoms with van der Waals surface area (Å²) >= 11 is 0. The van der Waals surface area contributed by atoms with Crippen molar-refractivity contribution in [2.75, 3.05) is 18.8 Å². The molecular formula is C38H59N5O7S. The molecule has 0 aromatic carbocycles. The molecule has 4 N–H and O–H groups in total. The van der Waals surface area contributed by atoms with Gasteiger partial charge < -0.3 is 26.2 Å². The maximum absolute atomic E-state index is 14.7. The predicted molar refractivity (Wildman–Crippen MR) is 196 cm³/mol. The number of piperidine rings is 1. The normalized spacial score (nSPS) is 25.3. The first-order valence-electron chi connectivity index (χ1n) is 18.7. The molecule has 0 aromatic rings. The molecule has 284 valence electrons. The standard InChI is InChI=1S/C38H59N5O7S/c1-8-10-19-27(31(44)33(46)39-22-9-2)40-32(45)30-28-26(37(28,6)7)23-43(30)34(47)29(25-17-13-11-14-18-25)41-35(48)42-38(20-15-12-16-21-38)24-51(49,50)36(3,4)5/h1,9,25-30H,2,10-24H2,3-7H3,(H,39,46)(H,40,45)(H2,41,42,48)/t26-,27?,28?,29-,30-/m0/s1. The molecule has 4 fully saturated rings. The fourth-order valence-electron chi connectivity index (χ4n) is 8.54. The molecule has 4 rings (SSSR count). The average molecular weight is 730 g/mol. The molecule has 1 saturated heterocycles. The van der Waals surface area contributed by atoms with Gasteiger partial charge in [0.1, 0.15) is 12.1 Å². The van der Waals surface area contributed by atoms with Gasteiger partial charge in [0.05, 0.1) is 22.1 Å². The number of rotatable bonds is 14. The molecule has 1 heterocycles. The number of Topliss-reactive ketones (excluding diaryl/α,β-unsaturated/α-hetero) is 1. The minimum absolute atomic E-state index is 0.0434. The number of nitrogens with zero attached hydrogens (tertiary/aromatic N) is 1. The summed E-state index contributed by atoms with van der Waals surface area (Å²) in [6.07, 6.45) is 15.0. The van der Waals surface area contributed by atoms with Gasteiger partial charge in [-0.15, -0.1) is 18.9 Å². The first-order chi connectivity index (χ1) is 23.9. The second-order valence-electron chi connectivity index (χ2n) is 16.7. The number of likely N-dealkylation sites (tertiary alicyclic amines) is 1. The fourth-order valence-corrected chi connectivity index (χ4v) is 10.1. The van der Waals surface area contributed by atoms with Gasteiger partial charge in [-0.25, -0.2) is 13.2 Å². The highest BCUT2D eigenvalue weighted by molar-refractivity contribution is 7.92. The van der Waals surface area contributed by atoms with Gasteiger partial charge in [-0.05, 0) is 76.0 Å². The van der Waals surface area contributed by atoms with Crippen molar-refractivity contribution in [3.63, 3.8) is 0 Å². The summed E-state index contributed by atoms with van der Waals surface area (Å²) in [5.74, 6) is -0.602. The Labute approximate surface area is 304 Å². The van der Waals surface area contributed by atoms with Gasteiger partial charge in [-0.1, -0.05) is 58.4 Å². The van der Waals surface area contributed by atoms with Crippen molar-refractivity contribution in [1.82, 2.24) is 26.2 Å². The molecule has 13 heteroatoms. The minimum Gasteiger partial charge on any atom is -0.346 e. The molecule has 5 atom stereocenters. The van der Waals surface area contributed by atoms with E-state index in [1.807, 2.05) is 13.8 Å². The van der Waals surface area contributed by atoms with Gasteiger partial charge in [0, 0.05) is 19.5 Å². The van der Waals surface area contributed by atoms with Crippen LogP contribution in [0, 0.1) is 35.5 Å². The second-order valence-corrected chi connectivity index (χ2v) is 19.5. The van der Waals surface area contributed by atoms with Crippen LogP contribution in [0.1, 0.15) is 112 Å². The van der Waals surface area contributed by atoms with E-state index in [0.29, 0.717) is 19.4 Å². The maximum Gasteiger partial charge on any atom is 0.315 e. The number of hydrogen-bond donors (Lipinski definition) is 4. The number of fused-ring (bicyclic) bond motifs is 1. The van der Waals surface area contributed by atoms with E-state index in [4.69, 9.17) is 6.42 Å². The number of carbonyl (C=O) groups excluding carboxylic acids is 5. The molecular weight excluding hydrogens is 671 g/mol. The minimum atomic E-state index is -3.57. The van der Waals surface area contributed by atoms with E-state index in [1.54, 1.807) is 25.7 Å². The van der Waals surface area contributed by atoms with E-state index >= 15 is 0 Å². The van der Waals surface area contributed by atoms with Gasteiger partial charge in [0.15, 0.2) is 9.84 Å². The Morgan fingerprint density at radius 1 is 1.00 bits per heavy atom. The molecule has 0 aromatic heterocycles. The van der Waals surface area contributed by atoms with Crippen LogP contribution in [0.3, 0.4) is 0 Å². The van der Waals surface area contributed by atoms with Gasteiger partial charge in [-0.3, -0.25) is 19.2 Å². The number of sulfone groups is 1. The molecule has 3 saturated carbocycles.